The van der Waals surface area contributed by atoms with Gasteiger partial charge in [0.25, 0.3) is 11.4 Å². The van der Waals surface area contributed by atoms with Crippen molar-refractivity contribution in [2.24, 2.45) is 0 Å². The third-order valence-electron chi connectivity index (χ3n) is 4.03. The smallest absolute Gasteiger partial charge is 0.259 e. The van der Waals surface area contributed by atoms with Gasteiger partial charge in [-0.25, -0.2) is 0 Å². The Morgan fingerprint density at radius 3 is 2.19 bits per heavy atom. The highest BCUT2D eigenvalue weighted by Crippen LogP contribution is 2.23. The number of hydrogen-bond acceptors (Lipinski definition) is 4. The van der Waals surface area contributed by atoms with Crippen molar-refractivity contribution in [3.05, 3.63) is 92.8 Å². The molecular formula is C20H13Cl2N3O2. The van der Waals surface area contributed by atoms with Crippen molar-refractivity contribution in [3.63, 3.8) is 0 Å². The first-order chi connectivity index (χ1) is 13.1. The Hall–Kier alpha value is -2.89. The molecule has 27 heavy (non-hydrogen) atoms. The van der Waals surface area contributed by atoms with E-state index in [-0.39, 0.29) is 5.56 Å². The van der Waals surface area contributed by atoms with Gasteiger partial charge in [0.1, 0.15) is 0 Å². The number of nitrogens with zero attached hydrogens (tertiary/aromatic N) is 3. The molecule has 0 atom stereocenters. The molecule has 5 nitrogen and oxygen atoms in total. The maximum atomic E-state index is 12.2. The van der Waals surface area contributed by atoms with Crippen LogP contribution in [0.4, 0.5) is 0 Å². The summed E-state index contributed by atoms with van der Waals surface area (Å²) in [5.74, 6) is 0.793. The molecule has 0 aliphatic carbocycles. The van der Waals surface area contributed by atoms with E-state index in [2.05, 4.69) is 10.1 Å². The van der Waals surface area contributed by atoms with E-state index in [1.165, 1.54) is 6.07 Å². The average Bonchev–Trinajstić information content (AvgIpc) is 3.16. The predicted octanol–water partition coefficient (Wildman–Crippen LogP) is 4.92. The van der Waals surface area contributed by atoms with E-state index in [0.29, 0.717) is 33.9 Å². The number of aromatic nitrogens is 3. The lowest BCUT2D eigenvalue weighted by Crippen LogP contribution is -2.19. The van der Waals surface area contributed by atoms with Crippen molar-refractivity contribution in [3.8, 4) is 22.8 Å². The van der Waals surface area contributed by atoms with E-state index in [1.807, 2.05) is 24.3 Å². The molecule has 0 fully saturated rings. The predicted molar refractivity (Wildman–Crippen MR) is 105 cm³/mol. The summed E-state index contributed by atoms with van der Waals surface area (Å²) in [6.45, 7) is 0.419. The molecule has 0 saturated carbocycles. The zero-order valence-electron chi connectivity index (χ0n) is 14.0. The van der Waals surface area contributed by atoms with Crippen molar-refractivity contribution in [2.75, 3.05) is 0 Å². The third-order valence-corrected chi connectivity index (χ3v) is 4.53. The van der Waals surface area contributed by atoms with Gasteiger partial charge in [-0.3, -0.25) is 4.79 Å². The Bertz CT molecular complexity index is 1130. The van der Waals surface area contributed by atoms with Gasteiger partial charge in [0.05, 0.1) is 12.1 Å². The Morgan fingerprint density at radius 1 is 0.852 bits per heavy atom. The van der Waals surface area contributed by atoms with E-state index in [1.54, 1.807) is 41.1 Å². The molecule has 7 heteroatoms. The van der Waals surface area contributed by atoms with Crippen molar-refractivity contribution < 1.29 is 4.52 Å². The quantitative estimate of drug-likeness (QED) is 0.490. The van der Waals surface area contributed by atoms with Crippen LogP contribution in [-0.4, -0.2) is 14.7 Å². The van der Waals surface area contributed by atoms with Gasteiger partial charge in [0.2, 0.25) is 5.82 Å². The van der Waals surface area contributed by atoms with Crippen molar-refractivity contribution in [2.45, 2.75) is 6.54 Å². The fourth-order valence-electron chi connectivity index (χ4n) is 2.62. The maximum absolute atomic E-state index is 12.2. The number of halogens is 2. The largest absolute Gasteiger partial charge is 0.334 e. The van der Waals surface area contributed by atoms with Crippen LogP contribution in [0.5, 0.6) is 0 Å². The fourth-order valence-corrected chi connectivity index (χ4v) is 2.88. The molecule has 2 heterocycles. The van der Waals surface area contributed by atoms with Crippen LogP contribution in [0.2, 0.25) is 10.0 Å². The minimum Gasteiger partial charge on any atom is -0.334 e. The highest BCUT2D eigenvalue weighted by Gasteiger charge is 2.12. The molecule has 0 radical (unpaired) electrons. The molecule has 0 spiro atoms. The lowest BCUT2D eigenvalue weighted by Gasteiger charge is -2.07. The van der Waals surface area contributed by atoms with Crippen LogP contribution in [-0.2, 0) is 6.54 Å². The molecular weight excluding hydrogens is 385 g/mol. The standard InChI is InChI=1S/C20H13Cl2N3O2/c21-16-6-1-13(2-7-16)11-25-12-15(5-10-18(25)26)20-23-19(24-27-20)14-3-8-17(22)9-4-14/h1-10,12H,11H2. The van der Waals surface area contributed by atoms with Crippen LogP contribution in [0.3, 0.4) is 0 Å². The molecule has 0 amide bonds. The molecule has 0 N–H and O–H groups in total. The summed E-state index contributed by atoms with van der Waals surface area (Å²) in [6, 6.07) is 17.7. The Labute approximate surface area is 164 Å². The van der Waals surface area contributed by atoms with Crippen LogP contribution in [0, 0.1) is 0 Å². The molecule has 0 aliphatic heterocycles. The van der Waals surface area contributed by atoms with Crippen molar-refractivity contribution >= 4 is 23.2 Å². The molecule has 134 valence electrons. The van der Waals surface area contributed by atoms with E-state index in [0.717, 1.165) is 11.1 Å². The molecule has 0 saturated heterocycles. The highest BCUT2D eigenvalue weighted by atomic mass is 35.5. The van der Waals surface area contributed by atoms with Crippen molar-refractivity contribution in [1.82, 2.24) is 14.7 Å². The lowest BCUT2D eigenvalue weighted by atomic mass is 10.2. The Morgan fingerprint density at radius 2 is 1.48 bits per heavy atom. The molecule has 0 bridgehead atoms. The minimum atomic E-state index is -0.119. The second-order valence-corrected chi connectivity index (χ2v) is 6.81. The van der Waals surface area contributed by atoms with Crippen LogP contribution in [0.25, 0.3) is 22.8 Å². The summed E-state index contributed by atoms with van der Waals surface area (Å²) >= 11 is 11.8. The molecule has 0 unspecified atom stereocenters. The van der Waals surface area contributed by atoms with Crippen molar-refractivity contribution in [1.29, 1.82) is 0 Å². The van der Waals surface area contributed by atoms with Gasteiger partial charge in [0.15, 0.2) is 0 Å². The zero-order chi connectivity index (χ0) is 18.8. The molecule has 2 aromatic heterocycles. The van der Waals surface area contributed by atoms with Gasteiger partial charge in [0, 0.05) is 27.9 Å². The SMILES string of the molecule is O=c1ccc(-c2nc(-c3ccc(Cl)cc3)no2)cn1Cc1ccc(Cl)cc1. The summed E-state index contributed by atoms with van der Waals surface area (Å²) < 4.78 is 6.96. The average molecular weight is 398 g/mol. The van der Waals surface area contributed by atoms with Crippen LogP contribution in [0.1, 0.15) is 5.56 Å². The molecule has 4 aromatic rings. The van der Waals surface area contributed by atoms with E-state index in [4.69, 9.17) is 27.7 Å². The molecule has 2 aromatic carbocycles. The molecule has 0 aliphatic rings. The Kier molecular flexibility index (Phi) is 4.79. The lowest BCUT2D eigenvalue weighted by molar-refractivity contribution is 0.432. The van der Waals surface area contributed by atoms with E-state index in [9.17, 15) is 4.79 Å². The van der Waals surface area contributed by atoms with Gasteiger partial charge in [-0.1, -0.05) is 40.5 Å². The van der Waals surface area contributed by atoms with Crippen LogP contribution in [0.15, 0.2) is 76.2 Å². The third kappa shape index (κ3) is 3.94. The van der Waals surface area contributed by atoms with Gasteiger partial charge < -0.3 is 9.09 Å². The van der Waals surface area contributed by atoms with Crippen LogP contribution < -0.4 is 5.56 Å². The first-order valence-electron chi connectivity index (χ1n) is 8.13. The Balaban J connectivity index is 1.64. The number of rotatable bonds is 4. The summed E-state index contributed by atoms with van der Waals surface area (Å²) in [7, 11) is 0. The number of hydrogen-bond donors (Lipinski definition) is 0. The monoisotopic (exact) mass is 397 g/mol. The second-order valence-electron chi connectivity index (χ2n) is 5.94. The van der Waals surface area contributed by atoms with Gasteiger partial charge in [-0.05, 0) is 48.0 Å². The fraction of sp³-hybridized carbons (Fsp3) is 0.0500. The number of benzene rings is 2. The number of pyridine rings is 1. The van der Waals surface area contributed by atoms with Gasteiger partial charge in [-0.15, -0.1) is 0 Å². The summed E-state index contributed by atoms with van der Waals surface area (Å²) in [5, 5.41) is 5.30. The van der Waals surface area contributed by atoms with E-state index < -0.39 is 0 Å². The highest BCUT2D eigenvalue weighted by molar-refractivity contribution is 6.30. The summed E-state index contributed by atoms with van der Waals surface area (Å²) in [5.41, 5.74) is 2.30. The minimum absolute atomic E-state index is 0.119. The zero-order valence-corrected chi connectivity index (χ0v) is 15.5. The normalized spacial score (nSPS) is 10.9. The first-order valence-corrected chi connectivity index (χ1v) is 8.89. The van der Waals surface area contributed by atoms with Gasteiger partial charge >= 0.3 is 0 Å². The van der Waals surface area contributed by atoms with Gasteiger partial charge in [-0.2, -0.15) is 4.98 Å². The first kappa shape index (κ1) is 17.5. The second kappa shape index (κ2) is 7.39. The maximum Gasteiger partial charge on any atom is 0.259 e. The topological polar surface area (TPSA) is 60.9 Å². The van der Waals surface area contributed by atoms with E-state index >= 15 is 0 Å². The summed E-state index contributed by atoms with van der Waals surface area (Å²) in [6.07, 6.45) is 1.70. The summed E-state index contributed by atoms with van der Waals surface area (Å²) in [4.78, 5) is 16.6. The van der Waals surface area contributed by atoms with Crippen LogP contribution >= 0.6 is 23.2 Å². The molecule has 4 rings (SSSR count).